The van der Waals surface area contributed by atoms with E-state index in [4.69, 9.17) is 23.6 Å². The van der Waals surface area contributed by atoms with E-state index in [0.717, 1.165) is 27.9 Å². The van der Waals surface area contributed by atoms with Crippen LogP contribution in [0.4, 0.5) is 10.8 Å². The number of anilines is 2. The number of para-hydroxylation sites is 2. The lowest BCUT2D eigenvalue weighted by atomic mass is 10.1. The van der Waals surface area contributed by atoms with Crippen LogP contribution in [0.1, 0.15) is 5.56 Å². The van der Waals surface area contributed by atoms with Gasteiger partial charge in [-0.05, 0) is 48.3 Å². The number of halogens is 1. The first-order valence-corrected chi connectivity index (χ1v) is 11.2. The van der Waals surface area contributed by atoms with Crippen molar-refractivity contribution in [2.45, 2.75) is 6.92 Å². The van der Waals surface area contributed by atoms with E-state index in [1.807, 2.05) is 24.3 Å². The molecule has 4 aromatic rings. The summed E-state index contributed by atoms with van der Waals surface area (Å²) in [6, 6.07) is 29.2. The number of benzene rings is 3. The second-order valence-electron chi connectivity index (χ2n) is 6.58. The van der Waals surface area contributed by atoms with Crippen LogP contribution in [0.5, 0.6) is 0 Å². The standard InChI is InChI=1S/C22H20N3S.ClHO4/c1-17-13-15-18(16-14-17)21-23-22(24(2)19-9-5-3-6-10-19)26-25(21)20-11-7-4-8-12-20;2-1(3,4)5/h3-16H,1-2H3;(H,2,3,4,5)/q+1;/p-1. The smallest absolute Gasteiger partial charge is 0.297 e. The maximum Gasteiger partial charge on any atom is 0.350 e. The molecule has 0 aliphatic heterocycles. The molecular weight excluding hydrogens is 438 g/mol. The molecule has 9 heteroatoms. The summed E-state index contributed by atoms with van der Waals surface area (Å²) in [6.07, 6.45) is 0. The lowest BCUT2D eigenvalue weighted by Crippen LogP contribution is -2.68. The van der Waals surface area contributed by atoms with E-state index < -0.39 is 10.2 Å². The Hall–Kier alpha value is -2.85. The highest BCUT2D eigenvalue weighted by Gasteiger charge is 2.26. The molecular formula is C22H20ClN3O4S. The molecule has 31 heavy (non-hydrogen) atoms. The van der Waals surface area contributed by atoms with Gasteiger partial charge in [0, 0.05) is 12.7 Å². The first kappa shape index (κ1) is 22.8. The van der Waals surface area contributed by atoms with Crippen molar-refractivity contribution < 1.29 is 32.8 Å². The summed E-state index contributed by atoms with van der Waals surface area (Å²) in [5, 5.41) is 0.954. The SMILES string of the molecule is Cc1ccc(-c2nc(N(C)c3ccccc3)s[n+]2-c2ccccc2)cc1.[O-][Cl+3]([O-])([O-])[O-]. The molecule has 0 aliphatic carbocycles. The predicted octanol–water partition coefficient (Wildman–Crippen LogP) is 0.407. The van der Waals surface area contributed by atoms with Crippen molar-refractivity contribution in [2.75, 3.05) is 11.9 Å². The molecule has 0 saturated heterocycles. The molecule has 4 rings (SSSR count). The molecule has 1 aromatic heterocycles. The first-order chi connectivity index (χ1) is 14.7. The summed E-state index contributed by atoms with van der Waals surface area (Å²) < 4.78 is 36.2. The van der Waals surface area contributed by atoms with Crippen LogP contribution in [0.2, 0.25) is 0 Å². The van der Waals surface area contributed by atoms with Gasteiger partial charge in [0.2, 0.25) is 0 Å². The summed E-state index contributed by atoms with van der Waals surface area (Å²) in [5.74, 6) is 0.957. The van der Waals surface area contributed by atoms with Gasteiger partial charge in [0.05, 0.1) is 5.56 Å². The van der Waals surface area contributed by atoms with E-state index in [9.17, 15) is 0 Å². The van der Waals surface area contributed by atoms with Crippen molar-refractivity contribution in [1.82, 2.24) is 4.98 Å². The minimum atomic E-state index is -4.94. The lowest BCUT2D eigenvalue weighted by molar-refractivity contribution is -2.00. The maximum absolute atomic E-state index is 8.49. The maximum atomic E-state index is 8.49. The van der Waals surface area contributed by atoms with Gasteiger partial charge in [-0.3, -0.25) is 4.90 Å². The average Bonchev–Trinajstić information content (AvgIpc) is 3.19. The van der Waals surface area contributed by atoms with Crippen LogP contribution in [0.25, 0.3) is 17.1 Å². The summed E-state index contributed by atoms with van der Waals surface area (Å²) in [4.78, 5) is 7.10. The molecule has 0 N–H and O–H groups in total. The molecule has 160 valence electrons. The summed E-state index contributed by atoms with van der Waals surface area (Å²) in [7, 11) is -2.89. The largest absolute Gasteiger partial charge is 0.350 e. The molecule has 0 amide bonds. The summed E-state index contributed by atoms with van der Waals surface area (Å²) >= 11 is 1.65. The number of nitrogens with zero attached hydrogens (tertiary/aromatic N) is 3. The van der Waals surface area contributed by atoms with Crippen molar-refractivity contribution in [3.8, 4) is 17.1 Å². The number of rotatable bonds is 4. The van der Waals surface area contributed by atoms with Crippen LogP contribution in [0.3, 0.4) is 0 Å². The van der Waals surface area contributed by atoms with Crippen LogP contribution in [0, 0.1) is 17.2 Å². The normalized spacial score (nSPS) is 10.9. The van der Waals surface area contributed by atoms with Gasteiger partial charge in [0.25, 0.3) is 0 Å². The van der Waals surface area contributed by atoms with Crippen LogP contribution in [-0.2, 0) is 0 Å². The van der Waals surface area contributed by atoms with Crippen molar-refractivity contribution in [2.24, 2.45) is 0 Å². The van der Waals surface area contributed by atoms with Crippen molar-refractivity contribution >= 4 is 22.4 Å². The Balaban J connectivity index is 0.000000491. The van der Waals surface area contributed by atoms with Gasteiger partial charge >= 0.3 is 11.0 Å². The molecule has 0 bridgehead atoms. The minimum Gasteiger partial charge on any atom is -0.297 e. The van der Waals surface area contributed by atoms with Crippen molar-refractivity contribution in [3.63, 3.8) is 0 Å². The molecule has 0 unspecified atom stereocenters. The second-order valence-corrected chi connectivity index (χ2v) is 8.25. The van der Waals surface area contributed by atoms with Gasteiger partial charge in [-0.25, -0.2) is 18.6 Å². The first-order valence-electron chi connectivity index (χ1n) is 9.19. The average molecular weight is 458 g/mol. The molecule has 0 spiro atoms. The van der Waals surface area contributed by atoms with Gasteiger partial charge in [0.1, 0.15) is 17.2 Å². The highest BCUT2D eigenvalue weighted by Crippen LogP contribution is 2.28. The fourth-order valence-electron chi connectivity index (χ4n) is 2.80. The van der Waals surface area contributed by atoms with Crippen molar-refractivity contribution in [1.29, 1.82) is 0 Å². The van der Waals surface area contributed by atoms with Gasteiger partial charge in [-0.2, -0.15) is 0 Å². The minimum absolute atomic E-state index is 0.954. The topological polar surface area (TPSA) is 112 Å². The van der Waals surface area contributed by atoms with Crippen molar-refractivity contribution in [3.05, 3.63) is 90.5 Å². The van der Waals surface area contributed by atoms with E-state index in [-0.39, 0.29) is 0 Å². The van der Waals surface area contributed by atoms with Crippen LogP contribution < -0.4 is 27.5 Å². The third kappa shape index (κ3) is 6.56. The van der Waals surface area contributed by atoms with E-state index in [0.29, 0.717) is 0 Å². The third-order valence-corrected chi connectivity index (χ3v) is 5.39. The van der Waals surface area contributed by atoms with Gasteiger partial charge < -0.3 is 0 Å². The quantitative estimate of drug-likeness (QED) is 0.410. The Kier molecular flexibility index (Phi) is 7.34. The van der Waals surface area contributed by atoms with Crippen LogP contribution in [0.15, 0.2) is 84.9 Å². The molecule has 7 nitrogen and oxygen atoms in total. The van der Waals surface area contributed by atoms with Crippen LogP contribution >= 0.6 is 11.5 Å². The number of aryl methyl sites for hydroxylation is 1. The van der Waals surface area contributed by atoms with Crippen LogP contribution in [-0.4, -0.2) is 12.0 Å². The third-order valence-electron chi connectivity index (χ3n) is 4.30. The highest BCUT2D eigenvalue weighted by atomic mass is 35.7. The number of aromatic nitrogens is 2. The Morgan fingerprint density at radius 3 is 1.87 bits per heavy atom. The van der Waals surface area contributed by atoms with Gasteiger partial charge in [-0.1, -0.05) is 54.1 Å². The molecule has 0 atom stereocenters. The Morgan fingerprint density at radius 2 is 1.32 bits per heavy atom. The Bertz CT molecular complexity index is 1100. The fraction of sp³-hybridized carbons (Fsp3) is 0.0909. The van der Waals surface area contributed by atoms with E-state index in [1.165, 1.54) is 5.56 Å². The van der Waals surface area contributed by atoms with Gasteiger partial charge in [-0.15, -0.1) is 14.2 Å². The molecule has 0 saturated carbocycles. The Labute approximate surface area is 186 Å². The number of hydrogen-bond donors (Lipinski definition) is 0. The van der Waals surface area contributed by atoms with E-state index >= 15 is 0 Å². The molecule has 0 fully saturated rings. The highest BCUT2D eigenvalue weighted by molar-refractivity contribution is 7.06. The zero-order valence-corrected chi connectivity index (χ0v) is 18.4. The molecule has 3 aromatic carbocycles. The summed E-state index contributed by atoms with van der Waals surface area (Å²) in [5.41, 5.74) is 4.60. The second kappa shape index (κ2) is 9.97. The Morgan fingerprint density at radius 1 is 0.806 bits per heavy atom. The summed E-state index contributed by atoms with van der Waals surface area (Å²) in [6.45, 7) is 2.10. The zero-order valence-electron chi connectivity index (χ0n) is 16.8. The fourth-order valence-corrected chi connectivity index (χ4v) is 3.78. The monoisotopic (exact) mass is 457 g/mol. The predicted molar refractivity (Wildman–Crippen MR) is 108 cm³/mol. The molecule has 1 heterocycles. The van der Waals surface area contributed by atoms with E-state index in [1.54, 1.807) is 11.5 Å². The van der Waals surface area contributed by atoms with Gasteiger partial charge in [0.15, 0.2) is 0 Å². The number of hydrogen-bond acceptors (Lipinski definition) is 7. The lowest BCUT2D eigenvalue weighted by Gasteiger charge is -2.17. The molecule has 0 radical (unpaired) electrons. The zero-order chi connectivity index (χ0) is 22.4. The molecule has 0 aliphatic rings. The van der Waals surface area contributed by atoms with E-state index in [2.05, 4.69) is 83.5 Å².